The van der Waals surface area contributed by atoms with Crippen LogP contribution in [-0.4, -0.2) is 36.9 Å². The second kappa shape index (κ2) is 8.18. The number of hydrogen-bond acceptors (Lipinski definition) is 7. The summed E-state index contributed by atoms with van der Waals surface area (Å²) in [6.45, 7) is 4.31. The summed E-state index contributed by atoms with van der Waals surface area (Å²) in [5.41, 5.74) is 0.545. The summed E-state index contributed by atoms with van der Waals surface area (Å²) >= 11 is 1.29. The maximum Gasteiger partial charge on any atom is 0.280 e. The summed E-state index contributed by atoms with van der Waals surface area (Å²) in [4.78, 5) is 22.2. The molecule has 0 saturated heterocycles. The highest BCUT2D eigenvalue weighted by Crippen LogP contribution is 2.33. The van der Waals surface area contributed by atoms with Crippen LogP contribution in [-0.2, 0) is 19.5 Å². The van der Waals surface area contributed by atoms with E-state index in [1.807, 2.05) is 13.8 Å². The Kier molecular flexibility index (Phi) is 5.91. The first-order chi connectivity index (χ1) is 12.9. The number of carbonyl (C=O) groups excluding carboxylic acids is 1. The number of anilines is 1. The third-order valence-electron chi connectivity index (χ3n) is 3.85. The van der Waals surface area contributed by atoms with Crippen molar-refractivity contribution >= 4 is 37.9 Å². The van der Waals surface area contributed by atoms with Gasteiger partial charge in [0, 0.05) is 17.1 Å². The molecule has 2 aromatic rings. The first-order valence-corrected chi connectivity index (χ1v) is 11.1. The van der Waals surface area contributed by atoms with Gasteiger partial charge in [-0.05, 0) is 30.9 Å². The monoisotopic (exact) mass is 407 g/mol. The topological polar surface area (TPSA) is 97.7 Å². The average Bonchev–Trinajstić information content (AvgIpc) is 3.38. The lowest BCUT2D eigenvalue weighted by Crippen LogP contribution is -2.24. The van der Waals surface area contributed by atoms with E-state index in [2.05, 4.69) is 15.5 Å². The molecule has 0 spiro atoms. The lowest BCUT2D eigenvalue weighted by Gasteiger charge is -2.09. The van der Waals surface area contributed by atoms with Crippen molar-refractivity contribution in [2.75, 3.05) is 11.9 Å². The summed E-state index contributed by atoms with van der Waals surface area (Å²) in [6.07, 6.45) is 3.00. The Morgan fingerprint density at radius 1 is 1.33 bits per heavy atom. The predicted molar refractivity (Wildman–Crippen MR) is 105 cm³/mol. The Balaban J connectivity index is 1.84. The standard InChI is InChI=1S/C18H21N3O4S2/c1-12(2)11-25-21-16(17(22)20-18-19-9-10-26-18)13-3-5-14(6-4-13)27(23,24)15-7-8-15/h3-6,9-10,12,15H,7-8,11H2,1-2H3,(H,19,20,22). The average molecular weight is 408 g/mol. The number of thiazole rings is 1. The predicted octanol–water partition coefficient (Wildman–Crippen LogP) is 3.09. The fraction of sp³-hybridized carbons (Fsp3) is 0.389. The number of hydrogen-bond donors (Lipinski definition) is 1. The van der Waals surface area contributed by atoms with Gasteiger partial charge in [-0.2, -0.15) is 0 Å². The lowest BCUT2D eigenvalue weighted by molar-refractivity contribution is -0.110. The van der Waals surface area contributed by atoms with E-state index in [9.17, 15) is 13.2 Å². The number of nitrogens with one attached hydrogen (secondary N) is 1. The molecular formula is C18H21N3O4S2. The summed E-state index contributed by atoms with van der Waals surface area (Å²) in [6, 6.07) is 6.18. The van der Waals surface area contributed by atoms with Crippen molar-refractivity contribution < 1.29 is 18.0 Å². The molecule has 0 aliphatic heterocycles. The fourth-order valence-electron chi connectivity index (χ4n) is 2.29. The van der Waals surface area contributed by atoms with E-state index in [-0.39, 0.29) is 21.8 Å². The number of benzene rings is 1. The van der Waals surface area contributed by atoms with Crippen LogP contribution in [0.1, 0.15) is 32.3 Å². The van der Waals surface area contributed by atoms with Crippen LogP contribution in [0, 0.1) is 5.92 Å². The van der Waals surface area contributed by atoms with Gasteiger partial charge >= 0.3 is 0 Å². The Morgan fingerprint density at radius 2 is 2.04 bits per heavy atom. The van der Waals surface area contributed by atoms with E-state index >= 15 is 0 Å². The molecule has 1 aromatic heterocycles. The van der Waals surface area contributed by atoms with Crippen LogP contribution >= 0.6 is 11.3 Å². The highest BCUT2D eigenvalue weighted by atomic mass is 32.2. The van der Waals surface area contributed by atoms with Gasteiger partial charge < -0.3 is 4.84 Å². The zero-order chi connectivity index (χ0) is 19.4. The first-order valence-electron chi connectivity index (χ1n) is 8.63. The Morgan fingerprint density at radius 3 is 2.59 bits per heavy atom. The minimum atomic E-state index is -3.28. The van der Waals surface area contributed by atoms with Crippen molar-refractivity contribution in [3.63, 3.8) is 0 Å². The summed E-state index contributed by atoms with van der Waals surface area (Å²) < 4.78 is 24.7. The Labute approximate surface area is 162 Å². The molecule has 1 aliphatic carbocycles. The van der Waals surface area contributed by atoms with Gasteiger partial charge in [0.1, 0.15) is 6.61 Å². The van der Waals surface area contributed by atoms with Gasteiger partial charge in [0.05, 0.1) is 10.1 Å². The van der Waals surface area contributed by atoms with E-state index in [0.717, 1.165) is 0 Å². The molecular weight excluding hydrogens is 386 g/mol. The first kappa shape index (κ1) is 19.5. The van der Waals surface area contributed by atoms with E-state index in [1.165, 1.54) is 23.5 Å². The normalized spacial score (nSPS) is 15.0. The van der Waals surface area contributed by atoms with Crippen LogP contribution in [0.2, 0.25) is 0 Å². The summed E-state index contributed by atoms with van der Waals surface area (Å²) in [5.74, 6) is -0.213. The van der Waals surface area contributed by atoms with Gasteiger partial charge in [0.2, 0.25) is 0 Å². The van der Waals surface area contributed by atoms with Gasteiger partial charge in [0.15, 0.2) is 20.7 Å². The minimum Gasteiger partial charge on any atom is -0.395 e. The molecule has 0 unspecified atom stereocenters. The van der Waals surface area contributed by atoms with E-state index in [4.69, 9.17) is 4.84 Å². The quantitative estimate of drug-likeness (QED) is 0.536. The van der Waals surface area contributed by atoms with Gasteiger partial charge in [-0.1, -0.05) is 31.1 Å². The van der Waals surface area contributed by atoms with Crippen LogP contribution in [0.25, 0.3) is 0 Å². The molecule has 3 rings (SSSR count). The zero-order valence-electron chi connectivity index (χ0n) is 15.1. The van der Waals surface area contributed by atoms with Crippen LogP contribution < -0.4 is 5.32 Å². The molecule has 27 heavy (non-hydrogen) atoms. The SMILES string of the molecule is CC(C)CON=C(C(=O)Nc1nccs1)c1ccc(S(=O)(=O)C2CC2)cc1. The van der Waals surface area contributed by atoms with Gasteiger partial charge in [-0.3, -0.25) is 10.1 Å². The van der Waals surface area contributed by atoms with Crippen molar-refractivity contribution in [3.8, 4) is 0 Å². The molecule has 0 radical (unpaired) electrons. The molecule has 9 heteroatoms. The van der Waals surface area contributed by atoms with Gasteiger partial charge in [-0.15, -0.1) is 11.3 Å². The third-order valence-corrected chi connectivity index (χ3v) is 6.82. The largest absolute Gasteiger partial charge is 0.395 e. The molecule has 1 fully saturated rings. The number of nitrogens with zero attached hydrogens (tertiary/aromatic N) is 2. The zero-order valence-corrected chi connectivity index (χ0v) is 16.7. The Hall–Kier alpha value is -2.26. The molecule has 1 aromatic carbocycles. The summed E-state index contributed by atoms with van der Waals surface area (Å²) in [7, 11) is -3.28. The number of carbonyl (C=O) groups is 1. The molecule has 7 nitrogen and oxygen atoms in total. The number of sulfone groups is 1. The van der Waals surface area contributed by atoms with Crippen molar-refractivity contribution in [1.82, 2.24) is 4.98 Å². The van der Waals surface area contributed by atoms with Gasteiger partial charge in [-0.25, -0.2) is 13.4 Å². The molecule has 1 heterocycles. The molecule has 144 valence electrons. The van der Waals surface area contributed by atoms with Crippen LogP contribution in [0.4, 0.5) is 5.13 Å². The fourth-order valence-corrected chi connectivity index (χ4v) is 4.47. The van der Waals surface area contributed by atoms with Crippen molar-refractivity contribution in [2.45, 2.75) is 36.8 Å². The molecule has 1 aliphatic rings. The van der Waals surface area contributed by atoms with Crippen LogP contribution in [0.5, 0.6) is 0 Å². The molecule has 0 bridgehead atoms. The molecule has 1 amide bonds. The van der Waals surface area contributed by atoms with E-state index in [1.54, 1.807) is 23.7 Å². The second-order valence-corrected chi connectivity index (χ2v) is 9.81. The van der Waals surface area contributed by atoms with Crippen molar-refractivity contribution in [1.29, 1.82) is 0 Å². The van der Waals surface area contributed by atoms with Crippen LogP contribution in [0.3, 0.4) is 0 Å². The van der Waals surface area contributed by atoms with E-state index in [0.29, 0.717) is 30.1 Å². The van der Waals surface area contributed by atoms with Crippen LogP contribution in [0.15, 0.2) is 45.9 Å². The number of oxime groups is 1. The lowest BCUT2D eigenvalue weighted by atomic mass is 10.1. The maximum atomic E-state index is 12.6. The minimum absolute atomic E-state index is 0.0706. The molecule has 0 atom stereocenters. The molecule has 1 saturated carbocycles. The van der Waals surface area contributed by atoms with Crippen molar-refractivity contribution in [2.24, 2.45) is 11.1 Å². The second-order valence-electron chi connectivity index (χ2n) is 6.69. The molecule has 1 N–H and O–H groups in total. The Bertz CT molecular complexity index is 916. The number of rotatable bonds is 8. The van der Waals surface area contributed by atoms with Gasteiger partial charge in [0.25, 0.3) is 5.91 Å². The number of amides is 1. The highest BCUT2D eigenvalue weighted by molar-refractivity contribution is 7.92. The third kappa shape index (κ3) is 4.92. The smallest absolute Gasteiger partial charge is 0.280 e. The highest BCUT2D eigenvalue weighted by Gasteiger charge is 2.36. The van der Waals surface area contributed by atoms with Crippen molar-refractivity contribution in [3.05, 3.63) is 41.4 Å². The maximum absolute atomic E-state index is 12.6. The summed E-state index contributed by atoms with van der Waals surface area (Å²) in [5, 5.41) is 8.58. The van der Waals surface area contributed by atoms with E-state index < -0.39 is 15.7 Å². The number of aromatic nitrogens is 1.